The van der Waals surface area contributed by atoms with Crippen LogP contribution < -0.4 is 5.32 Å². The molecule has 0 aliphatic carbocycles. The average molecular weight is 334 g/mol. The first-order valence-electron chi connectivity index (χ1n) is 7.37. The third-order valence-corrected chi connectivity index (χ3v) is 3.34. The summed E-state index contributed by atoms with van der Waals surface area (Å²) in [5, 5.41) is 15.7. The molecule has 0 spiro atoms. The third-order valence-electron chi connectivity index (χ3n) is 3.34. The monoisotopic (exact) mass is 334 g/mol. The Balaban J connectivity index is 2.19. The molecule has 1 aromatic heterocycles. The zero-order valence-corrected chi connectivity index (χ0v) is 13.7. The van der Waals surface area contributed by atoms with Gasteiger partial charge in [-0.15, -0.1) is 5.10 Å². The predicted octanol–water partition coefficient (Wildman–Crippen LogP) is 2.12. The molecule has 2 rings (SSSR count). The van der Waals surface area contributed by atoms with E-state index in [1.54, 1.807) is 4.68 Å². The lowest BCUT2D eigenvalue weighted by Crippen LogP contribution is -2.31. The molecule has 0 aliphatic heterocycles. The van der Waals surface area contributed by atoms with Gasteiger partial charge in [-0.2, -0.15) is 0 Å². The van der Waals surface area contributed by atoms with E-state index < -0.39 is 23.7 Å². The molecular weight excluding hydrogens is 315 g/mol. The minimum atomic E-state index is -1.09. The molecule has 2 N–H and O–H groups in total. The highest BCUT2D eigenvalue weighted by atomic mass is 19.1. The van der Waals surface area contributed by atoms with Crippen LogP contribution in [0.1, 0.15) is 49.4 Å². The van der Waals surface area contributed by atoms with E-state index in [2.05, 4.69) is 15.4 Å². The smallest absolute Gasteiger partial charge is 0.305 e. The van der Waals surface area contributed by atoms with Crippen LogP contribution in [0.2, 0.25) is 0 Å². The minimum absolute atomic E-state index is 0.0533. The highest BCUT2D eigenvalue weighted by Crippen LogP contribution is 2.18. The number of carbonyl (C=O) groups excluding carboxylic acids is 1. The lowest BCUT2D eigenvalue weighted by Gasteiger charge is -2.18. The number of carboxylic acid groups (broad SMARTS) is 1. The zero-order chi connectivity index (χ0) is 17.9. The second-order valence-corrected chi connectivity index (χ2v) is 6.36. The van der Waals surface area contributed by atoms with Gasteiger partial charge in [-0.3, -0.25) is 9.59 Å². The summed E-state index contributed by atoms with van der Waals surface area (Å²) >= 11 is 0. The summed E-state index contributed by atoms with van der Waals surface area (Å²) in [6, 6.07) is 4.48. The van der Waals surface area contributed by atoms with Gasteiger partial charge in [-0.05, 0) is 38.5 Å². The van der Waals surface area contributed by atoms with Crippen molar-refractivity contribution in [2.75, 3.05) is 0 Å². The summed E-state index contributed by atoms with van der Waals surface area (Å²) in [6.07, 6.45) is 1.11. The number of nitrogens with one attached hydrogen (secondary N) is 1. The number of benzene rings is 1. The Hall–Kier alpha value is -2.77. The zero-order valence-electron chi connectivity index (χ0n) is 13.7. The first kappa shape index (κ1) is 17.6. The minimum Gasteiger partial charge on any atom is -0.481 e. The molecule has 1 atom stereocenters. The maximum Gasteiger partial charge on any atom is 0.305 e. The lowest BCUT2D eigenvalue weighted by atomic mass is 10.0. The molecule has 1 heterocycles. The van der Waals surface area contributed by atoms with Gasteiger partial charge in [0.15, 0.2) is 0 Å². The summed E-state index contributed by atoms with van der Waals surface area (Å²) in [6.45, 7) is 5.74. The van der Waals surface area contributed by atoms with Gasteiger partial charge < -0.3 is 10.4 Å². The molecule has 0 bridgehead atoms. The van der Waals surface area contributed by atoms with Gasteiger partial charge in [0.25, 0.3) is 5.91 Å². The van der Waals surface area contributed by atoms with E-state index in [1.165, 1.54) is 30.6 Å². The number of rotatable bonds is 5. The van der Waals surface area contributed by atoms with E-state index >= 15 is 0 Å². The molecule has 128 valence electrons. The number of carboxylic acids is 1. The summed E-state index contributed by atoms with van der Waals surface area (Å²) < 4.78 is 14.6. The molecule has 0 saturated carbocycles. The molecule has 8 heteroatoms. The van der Waals surface area contributed by atoms with Gasteiger partial charge in [-0.1, -0.05) is 12.1 Å². The standard InChI is InChI=1S/C16H19FN4O3/c1-16(2,3)21-9-18-14(20-21)15(24)19-12(8-13(22)23)10-4-6-11(17)7-5-10/h4-7,9,12H,8H2,1-3H3,(H,19,24)(H,22,23). The van der Waals surface area contributed by atoms with Crippen LogP contribution >= 0.6 is 0 Å². The molecule has 24 heavy (non-hydrogen) atoms. The normalized spacial score (nSPS) is 12.7. The summed E-state index contributed by atoms with van der Waals surface area (Å²) in [4.78, 5) is 27.3. The number of carbonyl (C=O) groups is 2. The molecule has 1 amide bonds. The number of hydrogen-bond donors (Lipinski definition) is 2. The molecule has 0 fully saturated rings. The molecular formula is C16H19FN4O3. The summed E-state index contributed by atoms with van der Waals surface area (Å²) in [7, 11) is 0. The van der Waals surface area contributed by atoms with Crippen LogP contribution in [0.25, 0.3) is 0 Å². The Morgan fingerprint density at radius 1 is 1.29 bits per heavy atom. The lowest BCUT2D eigenvalue weighted by molar-refractivity contribution is -0.137. The van der Waals surface area contributed by atoms with Crippen LogP contribution in [-0.4, -0.2) is 31.7 Å². The first-order valence-corrected chi connectivity index (χ1v) is 7.37. The van der Waals surface area contributed by atoms with Crippen molar-refractivity contribution in [3.8, 4) is 0 Å². The number of aromatic nitrogens is 3. The first-order chi connectivity index (χ1) is 11.2. The largest absolute Gasteiger partial charge is 0.481 e. The number of aliphatic carboxylic acids is 1. The van der Waals surface area contributed by atoms with Crippen molar-refractivity contribution in [3.63, 3.8) is 0 Å². The van der Waals surface area contributed by atoms with E-state index in [1.807, 2.05) is 20.8 Å². The van der Waals surface area contributed by atoms with E-state index in [0.717, 1.165) is 0 Å². The number of nitrogens with zero attached hydrogens (tertiary/aromatic N) is 3. The molecule has 1 aromatic carbocycles. The summed E-state index contributed by atoms with van der Waals surface area (Å²) in [5.74, 6) is -2.17. The van der Waals surface area contributed by atoms with Crippen molar-refractivity contribution in [1.82, 2.24) is 20.1 Å². The van der Waals surface area contributed by atoms with Crippen LogP contribution in [0.15, 0.2) is 30.6 Å². The topological polar surface area (TPSA) is 97.1 Å². The fourth-order valence-corrected chi connectivity index (χ4v) is 2.04. The van der Waals surface area contributed by atoms with Gasteiger partial charge in [-0.25, -0.2) is 14.1 Å². The Labute approximate surface area is 138 Å². The van der Waals surface area contributed by atoms with Gasteiger partial charge in [0, 0.05) is 0 Å². The molecule has 1 unspecified atom stereocenters. The number of hydrogen-bond acceptors (Lipinski definition) is 4. The molecule has 2 aromatic rings. The van der Waals surface area contributed by atoms with E-state index in [-0.39, 0.29) is 17.8 Å². The molecule has 0 radical (unpaired) electrons. The van der Waals surface area contributed by atoms with Gasteiger partial charge in [0.2, 0.25) is 5.82 Å². The Kier molecular flexibility index (Phi) is 4.96. The number of halogens is 1. The highest BCUT2D eigenvalue weighted by molar-refractivity contribution is 5.90. The maximum absolute atomic E-state index is 13.0. The quantitative estimate of drug-likeness (QED) is 0.873. The molecule has 0 aliphatic rings. The highest BCUT2D eigenvalue weighted by Gasteiger charge is 2.23. The number of amides is 1. The van der Waals surface area contributed by atoms with E-state index in [9.17, 15) is 14.0 Å². The van der Waals surface area contributed by atoms with Crippen LogP contribution in [0.3, 0.4) is 0 Å². The second-order valence-electron chi connectivity index (χ2n) is 6.36. The van der Waals surface area contributed by atoms with Crippen molar-refractivity contribution in [1.29, 1.82) is 0 Å². The Morgan fingerprint density at radius 2 is 1.92 bits per heavy atom. The second kappa shape index (κ2) is 6.77. The fourth-order valence-electron chi connectivity index (χ4n) is 2.04. The average Bonchev–Trinajstić information content (AvgIpc) is 2.97. The van der Waals surface area contributed by atoms with Crippen molar-refractivity contribution >= 4 is 11.9 Å². The third kappa shape index (κ3) is 4.37. The maximum atomic E-state index is 13.0. The Morgan fingerprint density at radius 3 is 2.42 bits per heavy atom. The summed E-state index contributed by atoms with van der Waals surface area (Å²) in [5.41, 5.74) is 0.158. The van der Waals surface area contributed by atoms with Crippen LogP contribution in [0.5, 0.6) is 0 Å². The van der Waals surface area contributed by atoms with Crippen molar-refractivity contribution in [2.45, 2.75) is 38.8 Å². The van der Waals surface area contributed by atoms with Gasteiger partial charge in [0.05, 0.1) is 18.0 Å². The van der Waals surface area contributed by atoms with Crippen LogP contribution in [0.4, 0.5) is 4.39 Å². The van der Waals surface area contributed by atoms with Crippen LogP contribution in [0, 0.1) is 5.82 Å². The fraction of sp³-hybridized carbons (Fsp3) is 0.375. The van der Waals surface area contributed by atoms with Gasteiger partial charge in [0.1, 0.15) is 12.1 Å². The van der Waals surface area contributed by atoms with E-state index in [4.69, 9.17) is 5.11 Å². The molecule has 0 saturated heterocycles. The predicted molar refractivity (Wildman–Crippen MR) is 83.9 cm³/mol. The molecule has 7 nitrogen and oxygen atoms in total. The SMILES string of the molecule is CC(C)(C)n1cnc(C(=O)NC(CC(=O)O)c2ccc(F)cc2)n1. The Bertz CT molecular complexity index is 735. The van der Waals surface area contributed by atoms with Crippen LogP contribution in [-0.2, 0) is 10.3 Å². The van der Waals surface area contributed by atoms with E-state index in [0.29, 0.717) is 5.56 Å². The van der Waals surface area contributed by atoms with Crippen molar-refractivity contribution in [3.05, 3.63) is 47.8 Å². The van der Waals surface area contributed by atoms with Crippen molar-refractivity contribution < 1.29 is 19.1 Å². The van der Waals surface area contributed by atoms with Gasteiger partial charge >= 0.3 is 5.97 Å². The van der Waals surface area contributed by atoms with Crippen molar-refractivity contribution in [2.24, 2.45) is 0 Å².